The van der Waals surface area contributed by atoms with E-state index in [2.05, 4.69) is 0 Å². The van der Waals surface area contributed by atoms with Crippen LogP contribution in [0.2, 0.25) is 0 Å². The molecule has 1 rings (SSSR count). The van der Waals surface area contributed by atoms with Crippen molar-refractivity contribution < 1.29 is 4.79 Å². The molecule has 2 N–H and O–H groups in total. The van der Waals surface area contributed by atoms with Gasteiger partial charge in [-0.25, -0.2) is 0 Å². The Bertz CT molecular complexity index is 327. The first-order chi connectivity index (χ1) is 7.00. The first-order valence-corrected chi connectivity index (χ1v) is 5.36. The quantitative estimate of drug-likeness (QED) is 0.768. The summed E-state index contributed by atoms with van der Waals surface area (Å²) >= 11 is 0. The fourth-order valence-electron chi connectivity index (χ4n) is 1.31. The highest BCUT2D eigenvalue weighted by Gasteiger charge is 2.14. The predicted octanol–water partition coefficient (Wildman–Crippen LogP) is 2.55. The Morgan fingerprint density at radius 3 is 2.27 bits per heavy atom. The zero-order valence-electron chi connectivity index (χ0n) is 9.66. The third-order valence-corrected chi connectivity index (χ3v) is 2.65. The monoisotopic (exact) mass is 205 g/mol. The minimum absolute atomic E-state index is 0.0428. The molecule has 0 fully saturated rings. The number of ketones is 1. The van der Waals surface area contributed by atoms with Crippen LogP contribution < -0.4 is 5.73 Å². The molecule has 2 nitrogen and oxygen atoms in total. The highest BCUT2D eigenvalue weighted by Crippen LogP contribution is 2.10. The van der Waals surface area contributed by atoms with Crippen LogP contribution in [-0.4, -0.2) is 11.8 Å². The smallest absolute Gasteiger partial charge is 0.164 e. The lowest BCUT2D eigenvalue weighted by molar-refractivity contribution is 0.0967. The number of carbonyl (C=O) groups excluding carboxylic acids is 1. The van der Waals surface area contributed by atoms with E-state index in [1.54, 1.807) is 0 Å². The van der Waals surface area contributed by atoms with Crippen molar-refractivity contribution in [2.75, 3.05) is 0 Å². The van der Waals surface area contributed by atoms with E-state index >= 15 is 0 Å². The molecule has 15 heavy (non-hydrogen) atoms. The molecule has 0 spiro atoms. The average Bonchev–Trinajstić information content (AvgIpc) is 2.18. The van der Waals surface area contributed by atoms with Gasteiger partial charge in [-0.15, -0.1) is 0 Å². The maximum Gasteiger partial charge on any atom is 0.164 e. The van der Waals surface area contributed by atoms with Gasteiger partial charge in [0.25, 0.3) is 0 Å². The molecule has 0 aliphatic heterocycles. The van der Waals surface area contributed by atoms with Crippen LogP contribution >= 0.6 is 0 Å². The summed E-state index contributed by atoms with van der Waals surface area (Å²) < 4.78 is 0. The molecular formula is C13H19NO. The molecule has 0 aromatic heterocycles. The number of Topliss-reactive ketones (excluding diaryl/α,β-unsaturated/α-hetero) is 1. The molecule has 1 unspecified atom stereocenters. The lowest BCUT2D eigenvalue weighted by Gasteiger charge is -2.14. The Labute approximate surface area is 91.5 Å². The van der Waals surface area contributed by atoms with Crippen molar-refractivity contribution in [3.8, 4) is 0 Å². The van der Waals surface area contributed by atoms with Crippen molar-refractivity contribution in [3.63, 3.8) is 0 Å². The van der Waals surface area contributed by atoms with Gasteiger partial charge in [-0.3, -0.25) is 4.79 Å². The van der Waals surface area contributed by atoms with Crippen molar-refractivity contribution in [1.82, 2.24) is 0 Å². The summed E-state index contributed by atoms with van der Waals surface area (Å²) in [7, 11) is 0. The highest BCUT2D eigenvalue weighted by molar-refractivity contribution is 5.96. The van der Waals surface area contributed by atoms with Crippen molar-refractivity contribution in [1.29, 1.82) is 0 Å². The molecule has 1 atom stereocenters. The summed E-state index contributed by atoms with van der Waals surface area (Å²) in [5.74, 6) is 0.482. The van der Waals surface area contributed by atoms with Gasteiger partial charge in [0.05, 0.1) is 0 Å². The minimum atomic E-state index is -0.0428. The van der Waals surface area contributed by atoms with Gasteiger partial charge < -0.3 is 5.73 Å². The summed E-state index contributed by atoms with van der Waals surface area (Å²) in [5, 5.41) is 0. The van der Waals surface area contributed by atoms with Crippen LogP contribution in [0.15, 0.2) is 24.3 Å². The van der Waals surface area contributed by atoms with Gasteiger partial charge in [0, 0.05) is 18.0 Å². The van der Waals surface area contributed by atoms with Gasteiger partial charge in [-0.05, 0) is 12.8 Å². The summed E-state index contributed by atoms with van der Waals surface area (Å²) in [5.41, 5.74) is 7.79. The van der Waals surface area contributed by atoms with Crippen LogP contribution in [0.5, 0.6) is 0 Å². The SMILES string of the molecule is Cc1ccc(C(=O)CC(N)C(C)C)cc1. The summed E-state index contributed by atoms with van der Waals surface area (Å²) in [6, 6.07) is 7.59. The summed E-state index contributed by atoms with van der Waals surface area (Å²) in [6.45, 7) is 6.08. The number of aryl methyl sites for hydroxylation is 1. The van der Waals surface area contributed by atoms with Gasteiger partial charge in [0.2, 0.25) is 0 Å². The third kappa shape index (κ3) is 3.48. The summed E-state index contributed by atoms with van der Waals surface area (Å²) in [4.78, 5) is 11.8. The fraction of sp³-hybridized carbons (Fsp3) is 0.462. The lowest BCUT2D eigenvalue weighted by atomic mass is 9.96. The highest BCUT2D eigenvalue weighted by atomic mass is 16.1. The van der Waals surface area contributed by atoms with Gasteiger partial charge in [0.15, 0.2) is 5.78 Å². The van der Waals surface area contributed by atoms with E-state index in [9.17, 15) is 4.79 Å². The molecule has 0 bridgehead atoms. The number of hydrogen-bond donors (Lipinski definition) is 1. The van der Waals surface area contributed by atoms with E-state index < -0.39 is 0 Å². The maximum absolute atomic E-state index is 11.8. The topological polar surface area (TPSA) is 43.1 Å². The van der Waals surface area contributed by atoms with E-state index in [1.165, 1.54) is 5.56 Å². The van der Waals surface area contributed by atoms with Crippen molar-refractivity contribution >= 4 is 5.78 Å². The third-order valence-electron chi connectivity index (χ3n) is 2.65. The second-order valence-corrected chi connectivity index (χ2v) is 4.40. The maximum atomic E-state index is 11.8. The molecule has 0 aliphatic carbocycles. The number of benzene rings is 1. The van der Waals surface area contributed by atoms with Crippen molar-refractivity contribution in [2.24, 2.45) is 11.7 Å². The first kappa shape index (κ1) is 11.9. The molecule has 0 amide bonds. The van der Waals surface area contributed by atoms with Gasteiger partial charge in [0.1, 0.15) is 0 Å². The molecular weight excluding hydrogens is 186 g/mol. The molecule has 0 aliphatic rings. The van der Waals surface area contributed by atoms with E-state index in [0.717, 1.165) is 5.56 Å². The molecule has 82 valence electrons. The van der Waals surface area contributed by atoms with Crippen LogP contribution in [0.4, 0.5) is 0 Å². The first-order valence-electron chi connectivity index (χ1n) is 5.36. The summed E-state index contributed by atoms with van der Waals surface area (Å²) in [6.07, 6.45) is 0.431. The number of carbonyl (C=O) groups is 1. The molecule has 0 saturated heterocycles. The van der Waals surface area contributed by atoms with Gasteiger partial charge in [-0.2, -0.15) is 0 Å². The van der Waals surface area contributed by atoms with E-state index in [0.29, 0.717) is 12.3 Å². The Hall–Kier alpha value is -1.15. The van der Waals surface area contributed by atoms with Crippen molar-refractivity contribution in [3.05, 3.63) is 35.4 Å². The van der Waals surface area contributed by atoms with Gasteiger partial charge in [-0.1, -0.05) is 43.7 Å². The van der Waals surface area contributed by atoms with Crippen LogP contribution in [0.3, 0.4) is 0 Å². The average molecular weight is 205 g/mol. The van der Waals surface area contributed by atoms with E-state index in [4.69, 9.17) is 5.73 Å². The number of hydrogen-bond acceptors (Lipinski definition) is 2. The Kier molecular flexibility index (Phi) is 4.04. The minimum Gasteiger partial charge on any atom is -0.327 e. The molecule has 0 heterocycles. The van der Waals surface area contributed by atoms with Crippen LogP contribution in [0, 0.1) is 12.8 Å². The normalized spacial score (nSPS) is 12.9. The van der Waals surface area contributed by atoms with Gasteiger partial charge >= 0.3 is 0 Å². The zero-order chi connectivity index (χ0) is 11.4. The molecule has 1 aromatic rings. The molecule has 1 aromatic carbocycles. The second kappa shape index (κ2) is 5.08. The van der Waals surface area contributed by atoms with Crippen LogP contribution in [0.1, 0.15) is 36.2 Å². The van der Waals surface area contributed by atoms with Crippen LogP contribution in [0.25, 0.3) is 0 Å². The number of rotatable bonds is 4. The lowest BCUT2D eigenvalue weighted by Crippen LogP contribution is -2.29. The molecule has 2 heteroatoms. The zero-order valence-corrected chi connectivity index (χ0v) is 9.66. The number of nitrogens with two attached hydrogens (primary N) is 1. The van der Waals surface area contributed by atoms with E-state index in [1.807, 2.05) is 45.0 Å². The second-order valence-electron chi connectivity index (χ2n) is 4.40. The largest absolute Gasteiger partial charge is 0.327 e. The molecule has 0 saturated carbocycles. The van der Waals surface area contributed by atoms with Crippen LogP contribution in [-0.2, 0) is 0 Å². The van der Waals surface area contributed by atoms with Crippen molar-refractivity contribution in [2.45, 2.75) is 33.2 Å². The molecule has 0 radical (unpaired) electrons. The van der Waals surface area contributed by atoms with E-state index in [-0.39, 0.29) is 11.8 Å². The Morgan fingerprint density at radius 1 is 1.27 bits per heavy atom. The Balaban J connectivity index is 2.65. The fourth-order valence-corrected chi connectivity index (χ4v) is 1.31. The standard InChI is InChI=1S/C13H19NO/c1-9(2)12(14)8-13(15)11-6-4-10(3)5-7-11/h4-7,9,12H,8,14H2,1-3H3. The Morgan fingerprint density at radius 2 is 1.80 bits per heavy atom. The predicted molar refractivity (Wildman–Crippen MR) is 62.9 cm³/mol.